The van der Waals surface area contributed by atoms with Gasteiger partial charge in [0.25, 0.3) is 0 Å². The van der Waals surface area contributed by atoms with Crippen molar-refractivity contribution in [1.29, 1.82) is 5.26 Å². The van der Waals surface area contributed by atoms with E-state index >= 15 is 0 Å². The van der Waals surface area contributed by atoms with Crippen LogP contribution in [0.1, 0.15) is 33.0 Å². The minimum Gasteiger partial charge on any atom is -0.361 e. The third kappa shape index (κ3) is 2.84. The van der Waals surface area contributed by atoms with Crippen molar-refractivity contribution in [3.8, 4) is 16.5 Å². The molecule has 1 aromatic carbocycles. The number of benzene rings is 1. The van der Waals surface area contributed by atoms with Crippen molar-refractivity contribution in [2.24, 2.45) is 0 Å². The molecule has 1 aliphatic rings. The Morgan fingerprint density at radius 1 is 0.938 bits per heavy atom. The Morgan fingerprint density at radius 3 is 2.06 bits per heavy atom. The van der Waals surface area contributed by atoms with Crippen LogP contribution in [0.25, 0.3) is 21.6 Å². The van der Waals surface area contributed by atoms with Crippen molar-refractivity contribution in [2.45, 2.75) is 38.5 Å². The van der Waals surface area contributed by atoms with Gasteiger partial charge in [0.15, 0.2) is 0 Å². The number of allylic oxidation sites excluding steroid dienone is 2. The van der Waals surface area contributed by atoms with Crippen LogP contribution in [0.4, 0.5) is 26.3 Å². The molecule has 0 radical (unpaired) electrons. The number of thiophene rings is 1. The molecule has 0 aliphatic heterocycles. The zero-order valence-corrected chi connectivity index (χ0v) is 17.7. The maximum Gasteiger partial charge on any atom is 0.380 e. The average Bonchev–Trinajstić information content (AvgIpc) is 3.29. The number of aryl methyl sites for hydroxylation is 3. The van der Waals surface area contributed by atoms with E-state index in [1.54, 1.807) is 12.1 Å². The lowest BCUT2D eigenvalue weighted by Crippen LogP contribution is -2.49. The molecule has 0 N–H and O–H groups in total. The van der Waals surface area contributed by atoms with Gasteiger partial charge < -0.3 is 4.52 Å². The van der Waals surface area contributed by atoms with Gasteiger partial charge in [-0.3, -0.25) is 0 Å². The van der Waals surface area contributed by atoms with Crippen molar-refractivity contribution >= 4 is 22.5 Å². The smallest absolute Gasteiger partial charge is 0.361 e. The molecule has 10 heteroatoms. The maximum atomic E-state index is 15.0. The van der Waals surface area contributed by atoms with Crippen LogP contribution in [0.5, 0.6) is 0 Å². The first-order valence-electron chi connectivity index (χ1n) is 9.27. The Balaban J connectivity index is 2.02. The van der Waals surface area contributed by atoms with Crippen LogP contribution < -0.4 is 0 Å². The zero-order chi connectivity index (χ0) is 23.6. The van der Waals surface area contributed by atoms with Gasteiger partial charge in [-0.15, -0.1) is 11.3 Å². The molecule has 0 atom stereocenters. The summed E-state index contributed by atoms with van der Waals surface area (Å²) in [4.78, 5) is 0.568. The molecular formula is C22H14F6N2OS. The highest BCUT2D eigenvalue weighted by Crippen LogP contribution is 2.65. The summed E-state index contributed by atoms with van der Waals surface area (Å²) >= 11 is 0.997. The van der Waals surface area contributed by atoms with Gasteiger partial charge in [-0.2, -0.15) is 31.6 Å². The number of nitriles is 1. The number of nitrogens with zero attached hydrogens (tertiary/aromatic N) is 2. The number of hydrogen-bond acceptors (Lipinski definition) is 4. The van der Waals surface area contributed by atoms with Crippen LogP contribution in [0.3, 0.4) is 0 Å². The van der Waals surface area contributed by atoms with Crippen molar-refractivity contribution in [3.05, 3.63) is 63.4 Å². The van der Waals surface area contributed by atoms with Gasteiger partial charge in [-0.25, -0.2) is 0 Å². The van der Waals surface area contributed by atoms with Crippen molar-refractivity contribution in [1.82, 2.24) is 5.16 Å². The molecule has 3 nitrogen and oxygen atoms in total. The summed E-state index contributed by atoms with van der Waals surface area (Å²) in [5.41, 5.74) is -3.15. The van der Waals surface area contributed by atoms with Crippen LogP contribution in [-0.4, -0.2) is 22.9 Å². The van der Waals surface area contributed by atoms with Crippen molar-refractivity contribution in [3.63, 3.8) is 0 Å². The molecule has 0 unspecified atom stereocenters. The third-order valence-corrected chi connectivity index (χ3v) is 6.54. The molecule has 0 bridgehead atoms. The van der Waals surface area contributed by atoms with E-state index in [1.807, 2.05) is 6.07 Å². The molecule has 166 valence electrons. The van der Waals surface area contributed by atoms with Crippen molar-refractivity contribution < 1.29 is 30.9 Å². The summed E-state index contributed by atoms with van der Waals surface area (Å²) in [6, 6.07) is 9.27. The normalized spacial score (nSPS) is 18.8. The number of hydrogen-bond donors (Lipinski definition) is 0. The third-order valence-electron chi connectivity index (χ3n) is 5.44. The van der Waals surface area contributed by atoms with Gasteiger partial charge in [0.1, 0.15) is 5.76 Å². The van der Waals surface area contributed by atoms with Gasteiger partial charge in [0, 0.05) is 20.9 Å². The summed E-state index contributed by atoms with van der Waals surface area (Å²) in [6.45, 7) is 3.83. The Morgan fingerprint density at radius 2 is 1.53 bits per heavy atom. The lowest BCUT2D eigenvalue weighted by Gasteiger charge is -2.25. The Bertz CT molecular complexity index is 1280. The van der Waals surface area contributed by atoms with Crippen LogP contribution in [0, 0.1) is 32.1 Å². The van der Waals surface area contributed by atoms with E-state index in [0.29, 0.717) is 16.0 Å². The van der Waals surface area contributed by atoms with Gasteiger partial charge in [0.2, 0.25) is 0 Å². The number of alkyl halides is 6. The molecule has 32 heavy (non-hydrogen) atoms. The van der Waals surface area contributed by atoms with Gasteiger partial charge in [-0.05, 0) is 50.1 Å². The molecule has 2 aromatic heterocycles. The molecule has 2 heterocycles. The SMILES string of the molecule is Cc1noc(C)c1C1=C(c2cc(-c3ccc(C#N)cc3)sc2C)C(F)(F)C(F)(F)C1(F)F. The Kier molecular flexibility index (Phi) is 4.82. The Labute approximate surface area is 182 Å². The fourth-order valence-electron chi connectivity index (χ4n) is 3.83. The molecule has 4 rings (SSSR count). The largest absolute Gasteiger partial charge is 0.380 e. The van der Waals surface area contributed by atoms with Crippen molar-refractivity contribution in [2.75, 3.05) is 0 Å². The molecular weight excluding hydrogens is 454 g/mol. The van der Waals surface area contributed by atoms with E-state index in [2.05, 4.69) is 5.16 Å². The zero-order valence-electron chi connectivity index (χ0n) is 16.9. The predicted octanol–water partition coefficient (Wildman–Crippen LogP) is 7.03. The second kappa shape index (κ2) is 6.97. The molecule has 0 spiro atoms. The fraction of sp³-hybridized carbons (Fsp3) is 0.273. The highest BCUT2D eigenvalue weighted by atomic mass is 32.1. The highest BCUT2D eigenvalue weighted by Gasteiger charge is 2.80. The first kappa shape index (κ1) is 22.1. The molecule has 0 amide bonds. The number of rotatable bonds is 3. The minimum atomic E-state index is -5.65. The maximum absolute atomic E-state index is 15.0. The predicted molar refractivity (Wildman–Crippen MR) is 107 cm³/mol. The van der Waals surface area contributed by atoms with E-state index < -0.39 is 40.0 Å². The summed E-state index contributed by atoms with van der Waals surface area (Å²) < 4.78 is 93.5. The van der Waals surface area contributed by atoms with E-state index in [-0.39, 0.29) is 16.3 Å². The number of aromatic nitrogens is 1. The van der Waals surface area contributed by atoms with E-state index in [9.17, 15) is 26.3 Å². The summed E-state index contributed by atoms with van der Waals surface area (Å²) in [5.74, 6) is -16.2. The fourth-order valence-corrected chi connectivity index (χ4v) is 4.86. The lowest BCUT2D eigenvalue weighted by atomic mass is 9.93. The molecule has 0 fully saturated rings. The second-order valence-corrected chi connectivity index (χ2v) is 8.70. The lowest BCUT2D eigenvalue weighted by molar-refractivity contribution is -0.254. The van der Waals surface area contributed by atoms with Gasteiger partial charge in [0.05, 0.1) is 22.9 Å². The van der Waals surface area contributed by atoms with E-state index in [0.717, 1.165) is 11.3 Å². The number of halogens is 6. The van der Waals surface area contributed by atoms with Crippen LogP contribution in [-0.2, 0) is 0 Å². The van der Waals surface area contributed by atoms with E-state index in [1.165, 1.54) is 39.0 Å². The standard InChI is InChI=1S/C22H14F6N2OS/c1-10-17(11(2)31-30-10)19-18(20(23,24)22(27,28)21(19,25)26)15-8-16(32-12(15)3)14-6-4-13(9-29)5-7-14/h4-8H,1-3H3. The monoisotopic (exact) mass is 468 g/mol. The first-order chi connectivity index (χ1) is 14.8. The summed E-state index contributed by atoms with van der Waals surface area (Å²) in [7, 11) is 0. The molecule has 1 aliphatic carbocycles. The molecule has 0 saturated heterocycles. The Hall–Kier alpha value is -3.06. The van der Waals surface area contributed by atoms with Crippen LogP contribution in [0.2, 0.25) is 0 Å². The van der Waals surface area contributed by atoms with Crippen LogP contribution in [0.15, 0.2) is 34.9 Å². The van der Waals surface area contributed by atoms with Gasteiger partial charge >= 0.3 is 17.8 Å². The summed E-state index contributed by atoms with van der Waals surface area (Å²) in [6.07, 6.45) is 0. The topological polar surface area (TPSA) is 49.8 Å². The highest BCUT2D eigenvalue weighted by molar-refractivity contribution is 7.15. The summed E-state index contributed by atoms with van der Waals surface area (Å²) in [5, 5.41) is 12.4. The van der Waals surface area contributed by atoms with E-state index in [4.69, 9.17) is 9.78 Å². The molecule has 0 saturated carbocycles. The molecule has 3 aromatic rings. The van der Waals surface area contributed by atoms with Crippen LogP contribution >= 0.6 is 11.3 Å². The minimum absolute atomic E-state index is 0.164. The quantitative estimate of drug-likeness (QED) is 0.388. The second-order valence-electron chi connectivity index (χ2n) is 7.44. The average molecular weight is 468 g/mol. The van der Waals surface area contributed by atoms with Gasteiger partial charge in [-0.1, -0.05) is 17.3 Å². The first-order valence-corrected chi connectivity index (χ1v) is 10.1.